The molecular formula is C22H18ClNO3. The molecule has 0 bridgehead atoms. The molecular weight excluding hydrogens is 362 g/mol. The number of para-hydroxylation sites is 1. The zero-order chi connectivity index (χ0) is 19.2. The van der Waals surface area contributed by atoms with Gasteiger partial charge in [-0.1, -0.05) is 60.1 Å². The van der Waals surface area contributed by atoms with Gasteiger partial charge in [-0.15, -0.1) is 0 Å². The van der Waals surface area contributed by atoms with E-state index in [0.29, 0.717) is 27.6 Å². The summed E-state index contributed by atoms with van der Waals surface area (Å²) in [6.07, 6.45) is -0.734. The molecule has 0 fully saturated rings. The summed E-state index contributed by atoms with van der Waals surface area (Å²) in [5, 5.41) is 3.18. The second-order valence-corrected chi connectivity index (χ2v) is 6.38. The van der Waals surface area contributed by atoms with Crippen molar-refractivity contribution in [2.45, 2.75) is 13.0 Å². The van der Waals surface area contributed by atoms with Crippen molar-refractivity contribution in [1.82, 2.24) is 0 Å². The first-order chi connectivity index (χ1) is 13.0. The molecule has 3 rings (SSSR count). The minimum atomic E-state index is -0.734. The lowest BCUT2D eigenvalue weighted by molar-refractivity contribution is -0.122. The smallest absolute Gasteiger partial charge is 0.265 e. The van der Waals surface area contributed by atoms with E-state index in [0.717, 1.165) is 0 Å². The van der Waals surface area contributed by atoms with Gasteiger partial charge in [0.1, 0.15) is 5.75 Å². The minimum absolute atomic E-state index is 0.218. The summed E-state index contributed by atoms with van der Waals surface area (Å²) in [6.45, 7) is 1.65. The van der Waals surface area contributed by atoms with Gasteiger partial charge in [-0.25, -0.2) is 0 Å². The van der Waals surface area contributed by atoms with Gasteiger partial charge >= 0.3 is 0 Å². The number of hydrogen-bond acceptors (Lipinski definition) is 3. The van der Waals surface area contributed by atoms with Gasteiger partial charge in [-0.05, 0) is 37.3 Å². The number of rotatable bonds is 6. The summed E-state index contributed by atoms with van der Waals surface area (Å²) in [7, 11) is 0. The van der Waals surface area contributed by atoms with Crippen molar-refractivity contribution in [2.75, 3.05) is 5.32 Å². The van der Waals surface area contributed by atoms with Crippen LogP contribution in [0.1, 0.15) is 22.8 Å². The second kappa shape index (κ2) is 8.52. The molecule has 0 unspecified atom stereocenters. The highest BCUT2D eigenvalue weighted by Crippen LogP contribution is 2.24. The molecule has 27 heavy (non-hydrogen) atoms. The predicted octanol–water partition coefficient (Wildman–Crippen LogP) is 4.98. The maximum atomic E-state index is 12.8. The van der Waals surface area contributed by atoms with Crippen molar-refractivity contribution in [1.29, 1.82) is 0 Å². The Balaban J connectivity index is 1.80. The van der Waals surface area contributed by atoms with E-state index in [2.05, 4.69) is 5.32 Å². The van der Waals surface area contributed by atoms with E-state index in [-0.39, 0.29) is 11.7 Å². The van der Waals surface area contributed by atoms with Crippen LogP contribution in [0, 0.1) is 0 Å². The largest absolute Gasteiger partial charge is 0.481 e. The monoisotopic (exact) mass is 379 g/mol. The second-order valence-electron chi connectivity index (χ2n) is 5.95. The summed E-state index contributed by atoms with van der Waals surface area (Å²) in [5.41, 5.74) is 1.24. The van der Waals surface area contributed by atoms with Gasteiger partial charge in [-0.3, -0.25) is 9.59 Å². The standard InChI is InChI=1S/C22H18ClNO3/c1-15(27-18-10-6-3-7-11-18)22(26)24-20-13-12-17(23)14-19(20)21(25)16-8-4-2-5-9-16/h2-15H,1H3,(H,24,26)/t15-/m1/s1. The molecule has 1 atom stereocenters. The van der Waals surface area contributed by atoms with Crippen LogP contribution in [0.25, 0.3) is 0 Å². The molecule has 0 aromatic heterocycles. The Bertz CT molecular complexity index is 942. The van der Waals surface area contributed by atoms with Gasteiger partial charge in [0.15, 0.2) is 11.9 Å². The number of nitrogens with one attached hydrogen (secondary N) is 1. The number of benzene rings is 3. The lowest BCUT2D eigenvalue weighted by atomic mass is 10.0. The number of hydrogen-bond donors (Lipinski definition) is 1. The van der Waals surface area contributed by atoms with Gasteiger partial charge in [0.2, 0.25) is 0 Å². The molecule has 0 saturated heterocycles. The van der Waals surface area contributed by atoms with Crippen LogP contribution in [0.15, 0.2) is 78.9 Å². The third-order valence-electron chi connectivity index (χ3n) is 3.95. The fourth-order valence-corrected chi connectivity index (χ4v) is 2.72. The Hall–Kier alpha value is -3.11. The van der Waals surface area contributed by atoms with E-state index in [4.69, 9.17) is 16.3 Å². The van der Waals surface area contributed by atoms with Crippen LogP contribution < -0.4 is 10.1 Å². The molecule has 3 aromatic carbocycles. The first-order valence-corrected chi connectivity index (χ1v) is 8.84. The van der Waals surface area contributed by atoms with Crippen LogP contribution in [0.3, 0.4) is 0 Å². The van der Waals surface area contributed by atoms with Crippen LogP contribution >= 0.6 is 11.6 Å². The number of ketones is 1. The first kappa shape index (κ1) is 18.7. The normalized spacial score (nSPS) is 11.5. The molecule has 0 aliphatic carbocycles. The molecule has 0 radical (unpaired) electrons. The Morgan fingerprint density at radius 1 is 0.926 bits per heavy atom. The van der Waals surface area contributed by atoms with E-state index < -0.39 is 6.10 Å². The molecule has 0 aliphatic rings. The predicted molar refractivity (Wildman–Crippen MR) is 106 cm³/mol. The molecule has 136 valence electrons. The lowest BCUT2D eigenvalue weighted by Crippen LogP contribution is -2.30. The van der Waals surface area contributed by atoms with Gasteiger partial charge in [-0.2, -0.15) is 0 Å². The molecule has 0 heterocycles. The van der Waals surface area contributed by atoms with Crippen LogP contribution in [0.2, 0.25) is 5.02 Å². The van der Waals surface area contributed by atoms with Crippen LogP contribution in [-0.2, 0) is 4.79 Å². The summed E-state index contributed by atoms with van der Waals surface area (Å²) in [6, 6.07) is 22.7. The topological polar surface area (TPSA) is 55.4 Å². The summed E-state index contributed by atoms with van der Waals surface area (Å²) < 4.78 is 5.63. The lowest BCUT2D eigenvalue weighted by Gasteiger charge is -2.16. The van der Waals surface area contributed by atoms with E-state index in [1.807, 2.05) is 24.3 Å². The van der Waals surface area contributed by atoms with Crippen LogP contribution in [0.5, 0.6) is 5.75 Å². The van der Waals surface area contributed by atoms with Gasteiger partial charge < -0.3 is 10.1 Å². The molecule has 0 aliphatic heterocycles. The molecule has 3 aromatic rings. The maximum absolute atomic E-state index is 12.8. The van der Waals surface area contributed by atoms with Gasteiger partial charge in [0.05, 0.1) is 5.69 Å². The quantitative estimate of drug-likeness (QED) is 0.615. The molecule has 4 nitrogen and oxygen atoms in total. The number of ether oxygens (including phenoxy) is 1. The molecule has 5 heteroatoms. The third-order valence-corrected chi connectivity index (χ3v) is 4.18. The van der Waals surface area contributed by atoms with E-state index >= 15 is 0 Å². The van der Waals surface area contributed by atoms with Crippen molar-refractivity contribution in [2.24, 2.45) is 0 Å². The third kappa shape index (κ3) is 4.74. The summed E-state index contributed by atoms with van der Waals surface area (Å²) in [4.78, 5) is 25.4. The Morgan fingerprint density at radius 3 is 2.22 bits per heavy atom. The van der Waals surface area contributed by atoms with Crippen molar-refractivity contribution in [3.63, 3.8) is 0 Å². The molecule has 1 amide bonds. The number of carbonyl (C=O) groups is 2. The number of anilines is 1. The molecule has 0 saturated carbocycles. The van der Waals surface area contributed by atoms with Crippen molar-refractivity contribution < 1.29 is 14.3 Å². The van der Waals surface area contributed by atoms with Gasteiger partial charge in [0, 0.05) is 16.1 Å². The Morgan fingerprint density at radius 2 is 1.56 bits per heavy atom. The fourth-order valence-electron chi connectivity index (χ4n) is 2.55. The summed E-state index contributed by atoms with van der Waals surface area (Å²) in [5.74, 6) is 0.0187. The van der Waals surface area contributed by atoms with Crippen molar-refractivity contribution in [3.05, 3.63) is 95.0 Å². The number of halogens is 1. The van der Waals surface area contributed by atoms with E-state index in [1.165, 1.54) is 0 Å². The Kier molecular flexibility index (Phi) is 5.89. The molecule has 0 spiro atoms. The average molecular weight is 380 g/mol. The van der Waals surface area contributed by atoms with Gasteiger partial charge in [0.25, 0.3) is 5.91 Å². The molecule has 1 N–H and O–H groups in total. The zero-order valence-corrected chi connectivity index (χ0v) is 15.4. The highest BCUT2D eigenvalue weighted by molar-refractivity contribution is 6.31. The highest BCUT2D eigenvalue weighted by Gasteiger charge is 2.19. The van der Waals surface area contributed by atoms with Crippen LogP contribution in [0.4, 0.5) is 5.69 Å². The van der Waals surface area contributed by atoms with Crippen LogP contribution in [-0.4, -0.2) is 17.8 Å². The van der Waals surface area contributed by atoms with Crippen molar-refractivity contribution in [3.8, 4) is 5.75 Å². The van der Waals surface area contributed by atoms with E-state index in [1.54, 1.807) is 61.5 Å². The highest BCUT2D eigenvalue weighted by atomic mass is 35.5. The zero-order valence-electron chi connectivity index (χ0n) is 14.7. The van der Waals surface area contributed by atoms with E-state index in [9.17, 15) is 9.59 Å². The van der Waals surface area contributed by atoms with Crippen molar-refractivity contribution >= 4 is 29.0 Å². The first-order valence-electron chi connectivity index (χ1n) is 8.46. The fraction of sp³-hybridized carbons (Fsp3) is 0.0909. The SMILES string of the molecule is C[C@@H](Oc1ccccc1)C(=O)Nc1ccc(Cl)cc1C(=O)c1ccccc1. The minimum Gasteiger partial charge on any atom is -0.481 e. The number of carbonyl (C=O) groups excluding carboxylic acids is 2. The Labute approximate surface area is 162 Å². The maximum Gasteiger partial charge on any atom is 0.265 e. The summed E-state index contributed by atoms with van der Waals surface area (Å²) >= 11 is 6.07. The number of amides is 1. The average Bonchev–Trinajstić information content (AvgIpc) is 2.70.